The highest BCUT2D eigenvalue weighted by molar-refractivity contribution is 7.92. The third-order valence-corrected chi connectivity index (χ3v) is 5.26. The summed E-state index contributed by atoms with van der Waals surface area (Å²) in [6.45, 7) is 0. The van der Waals surface area contributed by atoms with Gasteiger partial charge in [0.05, 0.1) is 10.6 Å². The zero-order chi connectivity index (χ0) is 20.3. The van der Waals surface area contributed by atoms with Gasteiger partial charge in [-0.25, -0.2) is 8.42 Å². The molecular formula is C19H22N6O2S. The zero-order valence-corrected chi connectivity index (χ0v) is 17.0. The standard InChI is InChI=1S/C19H22N6O2S/c1-24(2)18-20-17(21-19(22-18)25(3)4)15-12-8-9-13-16(15)23-28(26,27)14-10-6-5-7-11-14/h5-13,23H,1-4H3. The van der Waals surface area contributed by atoms with Crippen LogP contribution in [0, 0.1) is 0 Å². The minimum atomic E-state index is -3.74. The van der Waals surface area contributed by atoms with Gasteiger partial charge < -0.3 is 9.80 Å². The molecule has 0 spiro atoms. The minimum absolute atomic E-state index is 0.184. The van der Waals surface area contributed by atoms with Gasteiger partial charge in [-0.1, -0.05) is 30.3 Å². The Balaban J connectivity index is 2.08. The quantitative estimate of drug-likeness (QED) is 0.682. The summed E-state index contributed by atoms with van der Waals surface area (Å²) in [6, 6.07) is 15.2. The highest BCUT2D eigenvalue weighted by atomic mass is 32.2. The van der Waals surface area contributed by atoms with E-state index in [9.17, 15) is 8.42 Å². The molecule has 8 nitrogen and oxygen atoms in total. The van der Waals surface area contributed by atoms with Gasteiger partial charge in [-0.2, -0.15) is 15.0 Å². The van der Waals surface area contributed by atoms with Crippen molar-refractivity contribution < 1.29 is 8.42 Å². The Labute approximate surface area is 164 Å². The van der Waals surface area contributed by atoms with Crippen molar-refractivity contribution in [2.45, 2.75) is 4.90 Å². The smallest absolute Gasteiger partial charge is 0.261 e. The highest BCUT2D eigenvalue weighted by Gasteiger charge is 2.19. The van der Waals surface area contributed by atoms with Gasteiger partial charge in [0.2, 0.25) is 11.9 Å². The molecule has 1 heterocycles. The molecule has 3 rings (SSSR count). The number of para-hydroxylation sites is 1. The summed E-state index contributed by atoms with van der Waals surface area (Å²) < 4.78 is 28.2. The SMILES string of the molecule is CN(C)c1nc(-c2ccccc2NS(=O)(=O)c2ccccc2)nc(N(C)C)n1. The van der Waals surface area contributed by atoms with Gasteiger partial charge in [0.25, 0.3) is 10.0 Å². The molecule has 0 bridgehead atoms. The number of nitrogens with one attached hydrogen (secondary N) is 1. The lowest BCUT2D eigenvalue weighted by Gasteiger charge is -2.17. The van der Waals surface area contributed by atoms with E-state index < -0.39 is 10.0 Å². The van der Waals surface area contributed by atoms with E-state index in [-0.39, 0.29) is 4.90 Å². The molecule has 0 radical (unpaired) electrons. The van der Waals surface area contributed by atoms with Crippen LogP contribution < -0.4 is 14.5 Å². The molecule has 9 heteroatoms. The van der Waals surface area contributed by atoms with Gasteiger partial charge >= 0.3 is 0 Å². The summed E-state index contributed by atoms with van der Waals surface area (Å²) in [7, 11) is 3.60. The number of nitrogens with zero attached hydrogens (tertiary/aromatic N) is 5. The number of sulfonamides is 1. The molecule has 146 valence electrons. The average Bonchev–Trinajstić information content (AvgIpc) is 2.68. The maximum Gasteiger partial charge on any atom is 0.261 e. The van der Waals surface area contributed by atoms with Crippen LogP contribution in [-0.4, -0.2) is 51.6 Å². The maximum absolute atomic E-state index is 12.8. The Kier molecular flexibility index (Phi) is 5.46. The van der Waals surface area contributed by atoms with Crippen LogP contribution in [0.5, 0.6) is 0 Å². The van der Waals surface area contributed by atoms with Crippen LogP contribution in [0.2, 0.25) is 0 Å². The normalized spacial score (nSPS) is 11.1. The average molecular weight is 398 g/mol. The molecule has 0 atom stereocenters. The molecule has 1 N–H and O–H groups in total. The monoisotopic (exact) mass is 398 g/mol. The molecule has 1 aromatic heterocycles. The van der Waals surface area contributed by atoms with Crippen molar-refractivity contribution in [3.05, 3.63) is 54.6 Å². The second kappa shape index (κ2) is 7.81. The van der Waals surface area contributed by atoms with Crippen molar-refractivity contribution >= 4 is 27.6 Å². The topological polar surface area (TPSA) is 91.3 Å². The molecule has 0 amide bonds. The Hall–Kier alpha value is -3.20. The molecule has 0 aliphatic rings. The van der Waals surface area contributed by atoms with Crippen LogP contribution >= 0.6 is 0 Å². The van der Waals surface area contributed by atoms with Crippen molar-refractivity contribution in [3.63, 3.8) is 0 Å². The van der Waals surface area contributed by atoms with Gasteiger partial charge in [-0.3, -0.25) is 4.72 Å². The second-order valence-electron chi connectivity index (χ2n) is 6.51. The van der Waals surface area contributed by atoms with Crippen molar-refractivity contribution in [2.75, 3.05) is 42.7 Å². The molecule has 0 saturated carbocycles. The summed E-state index contributed by atoms with van der Waals surface area (Å²) in [6.07, 6.45) is 0. The van der Waals surface area contributed by atoms with Gasteiger partial charge in [-0.15, -0.1) is 0 Å². The molecule has 2 aromatic carbocycles. The van der Waals surface area contributed by atoms with Crippen LogP contribution in [0.15, 0.2) is 59.5 Å². The molecule has 0 saturated heterocycles. The van der Waals surface area contributed by atoms with Crippen molar-refractivity contribution in [2.24, 2.45) is 0 Å². The molecule has 0 unspecified atom stereocenters. The predicted molar refractivity (Wildman–Crippen MR) is 111 cm³/mol. The van der Waals surface area contributed by atoms with Crippen LogP contribution in [-0.2, 0) is 10.0 Å². The number of hydrogen-bond acceptors (Lipinski definition) is 7. The highest BCUT2D eigenvalue weighted by Crippen LogP contribution is 2.29. The summed E-state index contributed by atoms with van der Waals surface area (Å²) >= 11 is 0. The number of rotatable bonds is 6. The zero-order valence-electron chi connectivity index (χ0n) is 16.2. The van der Waals surface area contributed by atoms with E-state index >= 15 is 0 Å². The van der Waals surface area contributed by atoms with E-state index in [1.807, 2.05) is 34.3 Å². The largest absolute Gasteiger partial charge is 0.347 e. The molecule has 3 aromatic rings. The van der Waals surface area contributed by atoms with Gasteiger partial charge in [0, 0.05) is 33.8 Å². The summed E-state index contributed by atoms with van der Waals surface area (Å²) in [5, 5.41) is 0. The lowest BCUT2D eigenvalue weighted by atomic mass is 10.2. The van der Waals surface area contributed by atoms with Gasteiger partial charge in [-0.05, 0) is 24.3 Å². The van der Waals surface area contributed by atoms with E-state index in [4.69, 9.17) is 0 Å². The van der Waals surface area contributed by atoms with E-state index in [2.05, 4.69) is 19.7 Å². The molecule has 0 aliphatic carbocycles. The Morgan fingerprint density at radius 2 is 1.29 bits per heavy atom. The third-order valence-electron chi connectivity index (χ3n) is 3.88. The first-order chi connectivity index (χ1) is 13.3. The fourth-order valence-electron chi connectivity index (χ4n) is 2.44. The van der Waals surface area contributed by atoms with Crippen molar-refractivity contribution in [1.82, 2.24) is 15.0 Å². The number of aromatic nitrogens is 3. The first-order valence-corrected chi connectivity index (χ1v) is 10.0. The maximum atomic E-state index is 12.8. The lowest BCUT2D eigenvalue weighted by Crippen LogP contribution is -2.19. The van der Waals surface area contributed by atoms with Gasteiger partial charge in [0.15, 0.2) is 5.82 Å². The van der Waals surface area contributed by atoms with E-state index in [1.165, 1.54) is 0 Å². The second-order valence-corrected chi connectivity index (χ2v) is 8.19. The fraction of sp³-hybridized carbons (Fsp3) is 0.211. The van der Waals surface area contributed by atoms with E-state index in [1.54, 1.807) is 58.3 Å². The first-order valence-electron chi connectivity index (χ1n) is 8.56. The molecular weight excluding hydrogens is 376 g/mol. The van der Waals surface area contributed by atoms with Crippen molar-refractivity contribution in [1.29, 1.82) is 0 Å². The molecule has 0 fully saturated rings. The van der Waals surface area contributed by atoms with Crippen LogP contribution in [0.3, 0.4) is 0 Å². The summed E-state index contributed by atoms with van der Waals surface area (Å²) in [5.74, 6) is 1.35. The van der Waals surface area contributed by atoms with Crippen LogP contribution in [0.25, 0.3) is 11.4 Å². The van der Waals surface area contributed by atoms with E-state index in [0.29, 0.717) is 29.0 Å². The van der Waals surface area contributed by atoms with Crippen molar-refractivity contribution in [3.8, 4) is 11.4 Å². The number of hydrogen-bond donors (Lipinski definition) is 1. The summed E-state index contributed by atoms with van der Waals surface area (Å²) in [4.78, 5) is 17.1. The molecule has 0 aliphatic heterocycles. The predicted octanol–water partition coefficient (Wildman–Crippen LogP) is 2.47. The summed E-state index contributed by atoms with van der Waals surface area (Å²) in [5.41, 5.74) is 0.961. The Bertz CT molecular complexity index is 1040. The van der Waals surface area contributed by atoms with E-state index in [0.717, 1.165) is 0 Å². The lowest BCUT2D eigenvalue weighted by molar-refractivity contribution is 0.601. The molecule has 28 heavy (non-hydrogen) atoms. The fourth-order valence-corrected chi connectivity index (χ4v) is 3.55. The first kappa shape index (κ1) is 19.6. The van der Waals surface area contributed by atoms with Gasteiger partial charge in [0.1, 0.15) is 0 Å². The minimum Gasteiger partial charge on any atom is -0.347 e. The number of benzene rings is 2. The Morgan fingerprint density at radius 3 is 1.86 bits per heavy atom. The van der Waals surface area contributed by atoms with Crippen LogP contribution in [0.1, 0.15) is 0 Å². The Morgan fingerprint density at radius 1 is 0.750 bits per heavy atom. The number of anilines is 3. The third kappa shape index (κ3) is 4.20. The van der Waals surface area contributed by atoms with Crippen LogP contribution in [0.4, 0.5) is 17.6 Å².